The molecule has 18 heavy (non-hydrogen) atoms. The summed E-state index contributed by atoms with van der Waals surface area (Å²) in [6.07, 6.45) is 5.71. The summed E-state index contributed by atoms with van der Waals surface area (Å²) >= 11 is 0. The van der Waals surface area contributed by atoms with Crippen molar-refractivity contribution in [3.8, 4) is 0 Å². The summed E-state index contributed by atoms with van der Waals surface area (Å²) < 4.78 is 26.8. The Kier molecular flexibility index (Phi) is 3.99. The monoisotopic (exact) mass is 269 g/mol. The second kappa shape index (κ2) is 5.34. The van der Waals surface area contributed by atoms with E-state index in [1.165, 1.54) is 6.20 Å². The molecule has 5 nitrogen and oxygen atoms in total. The van der Waals surface area contributed by atoms with Gasteiger partial charge in [-0.2, -0.15) is 4.31 Å². The molecule has 6 heteroatoms. The van der Waals surface area contributed by atoms with E-state index >= 15 is 0 Å². The summed E-state index contributed by atoms with van der Waals surface area (Å²) in [5.74, 6) is 0. The average Bonchev–Trinajstić information content (AvgIpc) is 2.39. The molecule has 1 saturated heterocycles. The van der Waals surface area contributed by atoms with E-state index in [9.17, 15) is 8.42 Å². The molecule has 0 aromatic carbocycles. The summed E-state index contributed by atoms with van der Waals surface area (Å²) in [5, 5.41) is 0. The summed E-state index contributed by atoms with van der Waals surface area (Å²) in [7, 11) is -3.48. The summed E-state index contributed by atoms with van der Waals surface area (Å²) in [4.78, 5) is 4.13. The maximum Gasteiger partial charge on any atom is 0.245 e. The molecule has 0 bridgehead atoms. The topological polar surface area (TPSA) is 76.3 Å². The second-order valence-corrected chi connectivity index (χ2v) is 6.54. The van der Waals surface area contributed by atoms with Gasteiger partial charge in [0, 0.05) is 31.0 Å². The largest absolute Gasteiger partial charge is 0.329 e. The third kappa shape index (κ3) is 2.41. The summed E-state index contributed by atoms with van der Waals surface area (Å²) in [5.41, 5.74) is 5.71. The van der Waals surface area contributed by atoms with Gasteiger partial charge in [-0.3, -0.25) is 4.98 Å². The third-order valence-corrected chi connectivity index (χ3v) is 5.49. The predicted octanol–water partition coefficient (Wildman–Crippen LogP) is 0.972. The van der Waals surface area contributed by atoms with Crippen molar-refractivity contribution in [2.24, 2.45) is 5.73 Å². The van der Waals surface area contributed by atoms with E-state index < -0.39 is 10.0 Å². The minimum Gasteiger partial charge on any atom is -0.329 e. The van der Waals surface area contributed by atoms with Gasteiger partial charge in [0.05, 0.1) is 0 Å². The minimum atomic E-state index is -3.48. The number of hydrogen-bond donors (Lipinski definition) is 1. The van der Waals surface area contributed by atoms with Gasteiger partial charge in [-0.05, 0) is 31.9 Å². The third-order valence-electron chi connectivity index (χ3n) is 3.44. The standard InChI is InChI=1S/C12H19N3O2S/c1-10-4-2-5-11(8-13)15(10)18(16,17)12-6-3-7-14-9-12/h3,6-7,9-11H,2,4-5,8,13H2,1H3. The van der Waals surface area contributed by atoms with Crippen LogP contribution in [0, 0.1) is 0 Å². The SMILES string of the molecule is CC1CCCC(CN)N1S(=O)(=O)c1cccnc1. The van der Waals surface area contributed by atoms with Crippen molar-refractivity contribution in [3.63, 3.8) is 0 Å². The van der Waals surface area contributed by atoms with Crippen LogP contribution in [0.15, 0.2) is 29.4 Å². The van der Waals surface area contributed by atoms with Gasteiger partial charge in [0.2, 0.25) is 10.0 Å². The van der Waals surface area contributed by atoms with Gasteiger partial charge in [-0.25, -0.2) is 8.42 Å². The zero-order valence-electron chi connectivity index (χ0n) is 10.5. The van der Waals surface area contributed by atoms with E-state index in [-0.39, 0.29) is 17.0 Å². The molecule has 1 aliphatic heterocycles. The number of nitrogens with zero attached hydrogens (tertiary/aromatic N) is 2. The number of nitrogens with two attached hydrogens (primary N) is 1. The molecule has 1 aromatic heterocycles. The maximum atomic E-state index is 12.6. The van der Waals surface area contributed by atoms with Crippen molar-refractivity contribution in [1.82, 2.24) is 9.29 Å². The predicted molar refractivity (Wildman–Crippen MR) is 69.4 cm³/mol. The number of piperidine rings is 1. The molecule has 1 aromatic rings. The second-order valence-electron chi connectivity index (χ2n) is 4.69. The Bertz CT molecular complexity index is 489. The molecule has 1 fully saturated rings. The van der Waals surface area contributed by atoms with Crippen LogP contribution >= 0.6 is 0 Å². The number of aromatic nitrogens is 1. The lowest BCUT2D eigenvalue weighted by atomic mass is 10.00. The molecular formula is C12H19N3O2S. The fraction of sp³-hybridized carbons (Fsp3) is 0.583. The van der Waals surface area contributed by atoms with Crippen LogP contribution in [0.25, 0.3) is 0 Å². The highest BCUT2D eigenvalue weighted by Crippen LogP contribution is 2.28. The Morgan fingerprint density at radius 2 is 2.28 bits per heavy atom. The molecule has 0 spiro atoms. The number of hydrogen-bond acceptors (Lipinski definition) is 4. The Hall–Kier alpha value is -0.980. The Balaban J connectivity index is 2.38. The fourth-order valence-electron chi connectivity index (χ4n) is 2.54. The quantitative estimate of drug-likeness (QED) is 0.887. The van der Waals surface area contributed by atoms with Crippen LogP contribution in [0.4, 0.5) is 0 Å². The Labute approximate surface area is 108 Å². The minimum absolute atomic E-state index is 0.00231. The first kappa shape index (κ1) is 13.5. The van der Waals surface area contributed by atoms with Gasteiger partial charge in [-0.15, -0.1) is 0 Å². The summed E-state index contributed by atoms with van der Waals surface area (Å²) in [6.45, 7) is 2.31. The molecule has 0 aliphatic carbocycles. The van der Waals surface area contributed by atoms with Crippen LogP contribution in [-0.4, -0.2) is 36.3 Å². The molecule has 0 saturated carbocycles. The van der Waals surface area contributed by atoms with Gasteiger partial charge in [0.25, 0.3) is 0 Å². The van der Waals surface area contributed by atoms with Gasteiger partial charge in [-0.1, -0.05) is 6.42 Å². The molecule has 2 N–H and O–H groups in total. The zero-order chi connectivity index (χ0) is 13.2. The highest BCUT2D eigenvalue weighted by Gasteiger charge is 2.37. The number of sulfonamides is 1. The summed E-state index contributed by atoms with van der Waals surface area (Å²) in [6, 6.07) is 3.12. The van der Waals surface area contributed by atoms with E-state index in [1.54, 1.807) is 22.6 Å². The Morgan fingerprint density at radius 1 is 1.50 bits per heavy atom. The van der Waals surface area contributed by atoms with E-state index in [0.29, 0.717) is 6.54 Å². The molecule has 1 aliphatic rings. The van der Waals surface area contributed by atoms with Crippen molar-refractivity contribution >= 4 is 10.0 Å². The van der Waals surface area contributed by atoms with Crippen LogP contribution < -0.4 is 5.73 Å². The molecule has 2 heterocycles. The zero-order valence-corrected chi connectivity index (χ0v) is 11.3. The van der Waals surface area contributed by atoms with Gasteiger partial charge >= 0.3 is 0 Å². The molecule has 0 amide bonds. The molecule has 2 unspecified atom stereocenters. The van der Waals surface area contributed by atoms with Crippen molar-refractivity contribution in [3.05, 3.63) is 24.5 Å². The highest BCUT2D eigenvalue weighted by molar-refractivity contribution is 7.89. The van der Waals surface area contributed by atoms with E-state index in [2.05, 4.69) is 4.98 Å². The van der Waals surface area contributed by atoms with Gasteiger partial charge in [0.15, 0.2) is 0 Å². The first-order chi connectivity index (χ1) is 8.57. The van der Waals surface area contributed by atoms with Crippen LogP contribution in [0.3, 0.4) is 0 Å². The van der Waals surface area contributed by atoms with Gasteiger partial charge in [0.1, 0.15) is 4.90 Å². The molecule has 2 rings (SSSR count). The normalized spacial score (nSPS) is 26.1. The van der Waals surface area contributed by atoms with Crippen LogP contribution in [0.5, 0.6) is 0 Å². The lowest BCUT2D eigenvalue weighted by Crippen LogP contribution is -2.51. The van der Waals surface area contributed by atoms with E-state index in [1.807, 2.05) is 6.92 Å². The van der Waals surface area contributed by atoms with Crippen molar-refractivity contribution in [2.45, 2.75) is 43.2 Å². The van der Waals surface area contributed by atoms with Gasteiger partial charge < -0.3 is 5.73 Å². The molecule has 2 atom stereocenters. The first-order valence-electron chi connectivity index (χ1n) is 6.21. The van der Waals surface area contributed by atoms with Crippen molar-refractivity contribution in [2.75, 3.05) is 6.54 Å². The average molecular weight is 269 g/mol. The molecule has 0 radical (unpaired) electrons. The number of rotatable bonds is 3. The Morgan fingerprint density at radius 3 is 2.89 bits per heavy atom. The smallest absolute Gasteiger partial charge is 0.245 e. The van der Waals surface area contributed by atoms with Crippen LogP contribution in [0.1, 0.15) is 26.2 Å². The lowest BCUT2D eigenvalue weighted by molar-refractivity contribution is 0.196. The molecule has 100 valence electrons. The van der Waals surface area contributed by atoms with Crippen LogP contribution in [-0.2, 0) is 10.0 Å². The van der Waals surface area contributed by atoms with E-state index in [4.69, 9.17) is 5.73 Å². The van der Waals surface area contributed by atoms with Crippen molar-refractivity contribution < 1.29 is 8.42 Å². The fourth-order valence-corrected chi connectivity index (χ4v) is 4.39. The highest BCUT2D eigenvalue weighted by atomic mass is 32.2. The maximum absolute atomic E-state index is 12.6. The molecular weight excluding hydrogens is 250 g/mol. The van der Waals surface area contributed by atoms with E-state index in [0.717, 1.165) is 19.3 Å². The van der Waals surface area contributed by atoms with Crippen LogP contribution in [0.2, 0.25) is 0 Å². The number of pyridine rings is 1. The first-order valence-corrected chi connectivity index (χ1v) is 7.65. The lowest BCUT2D eigenvalue weighted by Gasteiger charge is -2.38. The van der Waals surface area contributed by atoms with Crippen molar-refractivity contribution in [1.29, 1.82) is 0 Å².